The van der Waals surface area contributed by atoms with Crippen molar-refractivity contribution < 1.29 is 24.3 Å². The van der Waals surface area contributed by atoms with Gasteiger partial charge in [0.2, 0.25) is 11.9 Å². The molecule has 0 heterocycles. The lowest BCUT2D eigenvalue weighted by molar-refractivity contribution is -0.135. The predicted octanol–water partition coefficient (Wildman–Crippen LogP) is 2.30. The average Bonchev–Trinajstić information content (AvgIpc) is 2.73. The highest BCUT2D eigenvalue weighted by atomic mass is 32.2. The Kier molecular flexibility index (Phi) is 12.8. The number of hydrogen-bond acceptors (Lipinski definition) is 7. The standard InChI is InChI=1S/C11H17N3O2.C10H12N2O3S/c1-9-3-5-10(6-4-9)15-7-2-8-16-14-11(12)13;1-7(13)12-8-2-4-9(5-3-8)16-11-6-10(14)15/h3-6H,2,7-8H2,1H3,(H4,12,13,14);2-5,11H,6H2,1H3,(H,12,13)(H,14,15). The number of benzene rings is 2. The molecule has 0 unspecified atom stereocenters. The summed E-state index contributed by atoms with van der Waals surface area (Å²) in [4.78, 5) is 26.7. The Balaban J connectivity index is 0.000000320. The lowest BCUT2D eigenvalue weighted by Crippen LogP contribution is -2.23. The number of carbonyl (C=O) groups is 2. The number of carboxylic acid groups (broad SMARTS) is 1. The number of ether oxygens (including phenoxy) is 1. The van der Waals surface area contributed by atoms with Gasteiger partial charge in [0.05, 0.1) is 6.61 Å². The monoisotopic (exact) mass is 463 g/mol. The van der Waals surface area contributed by atoms with Gasteiger partial charge in [-0.15, -0.1) is 0 Å². The maximum atomic E-state index is 10.8. The molecule has 2 aromatic carbocycles. The van der Waals surface area contributed by atoms with Crippen molar-refractivity contribution in [2.75, 3.05) is 25.1 Å². The van der Waals surface area contributed by atoms with Crippen LogP contribution in [0.15, 0.2) is 58.6 Å². The number of amides is 1. The number of guanidine groups is 1. The normalized spacial score (nSPS) is 9.69. The van der Waals surface area contributed by atoms with Crippen molar-refractivity contribution in [2.45, 2.75) is 25.2 Å². The molecule has 0 radical (unpaired) electrons. The van der Waals surface area contributed by atoms with Crippen molar-refractivity contribution in [3.8, 4) is 5.75 Å². The number of nitrogens with two attached hydrogens (primary N) is 2. The predicted molar refractivity (Wildman–Crippen MR) is 125 cm³/mol. The van der Waals surface area contributed by atoms with E-state index in [-0.39, 0.29) is 18.4 Å². The van der Waals surface area contributed by atoms with Crippen LogP contribution in [0.25, 0.3) is 0 Å². The van der Waals surface area contributed by atoms with Gasteiger partial charge >= 0.3 is 5.97 Å². The molecule has 2 aromatic rings. The Hall–Kier alpha value is -3.44. The second kappa shape index (κ2) is 15.4. The van der Waals surface area contributed by atoms with Crippen LogP contribution in [-0.4, -0.2) is 42.7 Å². The first-order valence-electron chi connectivity index (χ1n) is 9.65. The Morgan fingerprint density at radius 3 is 2.28 bits per heavy atom. The highest BCUT2D eigenvalue weighted by Crippen LogP contribution is 2.17. The minimum absolute atomic E-state index is 0.0700. The molecule has 2 rings (SSSR count). The fourth-order valence-corrected chi connectivity index (χ4v) is 2.69. The van der Waals surface area contributed by atoms with Gasteiger partial charge in [-0.05, 0) is 60.4 Å². The quantitative estimate of drug-likeness (QED) is 0.111. The fraction of sp³-hybridized carbons (Fsp3) is 0.286. The van der Waals surface area contributed by atoms with Gasteiger partial charge in [0.15, 0.2) is 0 Å². The molecular weight excluding hydrogens is 434 g/mol. The zero-order valence-electron chi connectivity index (χ0n) is 18.0. The molecule has 174 valence electrons. The second-order valence-corrected chi connectivity index (χ2v) is 7.35. The van der Waals surface area contributed by atoms with E-state index in [0.29, 0.717) is 13.2 Å². The van der Waals surface area contributed by atoms with Crippen LogP contribution in [0.4, 0.5) is 5.69 Å². The summed E-state index contributed by atoms with van der Waals surface area (Å²) in [5, 5.41) is 14.5. The number of nitrogens with zero attached hydrogens (tertiary/aromatic N) is 1. The molecule has 0 aromatic heterocycles. The molecule has 11 heteroatoms. The summed E-state index contributed by atoms with van der Waals surface area (Å²) < 4.78 is 8.17. The molecule has 0 fully saturated rings. The van der Waals surface area contributed by atoms with E-state index in [9.17, 15) is 9.59 Å². The minimum atomic E-state index is -0.901. The Labute approximate surface area is 191 Å². The molecule has 0 saturated heterocycles. The smallest absolute Gasteiger partial charge is 0.318 e. The number of oxime groups is 1. The number of aryl methyl sites for hydroxylation is 1. The average molecular weight is 464 g/mol. The molecule has 0 aliphatic rings. The molecule has 0 atom stereocenters. The summed E-state index contributed by atoms with van der Waals surface area (Å²) in [6.07, 6.45) is 0.727. The van der Waals surface area contributed by atoms with Crippen molar-refractivity contribution >= 4 is 35.5 Å². The summed E-state index contributed by atoms with van der Waals surface area (Å²) in [6, 6.07) is 15.0. The first-order valence-corrected chi connectivity index (χ1v) is 10.5. The van der Waals surface area contributed by atoms with Crippen molar-refractivity contribution in [3.63, 3.8) is 0 Å². The van der Waals surface area contributed by atoms with Gasteiger partial charge in [-0.25, -0.2) is 4.72 Å². The van der Waals surface area contributed by atoms with Gasteiger partial charge in [-0.1, -0.05) is 17.7 Å². The minimum Gasteiger partial charge on any atom is -0.493 e. The highest BCUT2D eigenvalue weighted by molar-refractivity contribution is 7.97. The third kappa shape index (κ3) is 13.7. The number of rotatable bonds is 11. The first-order chi connectivity index (χ1) is 15.3. The van der Waals surface area contributed by atoms with Gasteiger partial charge in [0.25, 0.3) is 0 Å². The molecule has 32 heavy (non-hydrogen) atoms. The number of carbonyl (C=O) groups excluding carboxylic acids is 1. The maximum absolute atomic E-state index is 10.8. The Bertz CT molecular complexity index is 856. The maximum Gasteiger partial charge on any atom is 0.318 e. The van der Waals surface area contributed by atoms with E-state index in [1.54, 1.807) is 24.3 Å². The van der Waals surface area contributed by atoms with Crippen LogP contribution >= 0.6 is 11.9 Å². The van der Waals surface area contributed by atoms with Crippen molar-refractivity contribution in [3.05, 3.63) is 54.1 Å². The zero-order valence-corrected chi connectivity index (χ0v) is 18.9. The summed E-state index contributed by atoms with van der Waals surface area (Å²) in [7, 11) is 0. The number of carboxylic acids is 1. The topological polar surface area (TPSA) is 161 Å². The lowest BCUT2D eigenvalue weighted by atomic mass is 10.2. The van der Waals surface area contributed by atoms with E-state index in [0.717, 1.165) is 22.8 Å². The van der Waals surface area contributed by atoms with Crippen LogP contribution in [-0.2, 0) is 14.4 Å². The van der Waals surface area contributed by atoms with E-state index < -0.39 is 5.97 Å². The molecule has 0 aliphatic heterocycles. The Morgan fingerprint density at radius 1 is 1.06 bits per heavy atom. The van der Waals surface area contributed by atoms with Crippen molar-refractivity contribution in [1.82, 2.24) is 4.72 Å². The van der Waals surface area contributed by atoms with Crippen LogP contribution in [0, 0.1) is 6.92 Å². The van der Waals surface area contributed by atoms with E-state index in [4.69, 9.17) is 26.1 Å². The summed E-state index contributed by atoms with van der Waals surface area (Å²) >= 11 is 1.23. The number of anilines is 1. The SMILES string of the molecule is CC(=O)Nc1ccc(SNCC(=O)O)cc1.Cc1ccc(OCCCON=C(N)N)cc1. The van der Waals surface area contributed by atoms with Gasteiger partial charge in [-0.3, -0.25) is 9.59 Å². The van der Waals surface area contributed by atoms with Crippen molar-refractivity contribution in [2.24, 2.45) is 16.6 Å². The number of hydrogen-bond donors (Lipinski definition) is 5. The van der Waals surface area contributed by atoms with E-state index >= 15 is 0 Å². The van der Waals surface area contributed by atoms with Gasteiger partial charge in [-0.2, -0.15) is 0 Å². The third-order valence-corrected chi connectivity index (χ3v) is 4.22. The van der Waals surface area contributed by atoms with Crippen LogP contribution in [0.1, 0.15) is 18.9 Å². The lowest BCUT2D eigenvalue weighted by Gasteiger charge is -2.05. The summed E-state index contributed by atoms with van der Waals surface area (Å²) in [5.74, 6) is -0.237. The molecule has 0 saturated carbocycles. The second-order valence-electron chi connectivity index (χ2n) is 6.39. The van der Waals surface area contributed by atoms with E-state index in [1.165, 1.54) is 24.4 Å². The molecule has 0 spiro atoms. The molecule has 1 amide bonds. The third-order valence-electron chi connectivity index (χ3n) is 3.43. The largest absolute Gasteiger partial charge is 0.493 e. The molecule has 10 nitrogen and oxygen atoms in total. The highest BCUT2D eigenvalue weighted by Gasteiger charge is 1.99. The van der Waals surface area contributed by atoms with E-state index in [2.05, 4.69) is 15.2 Å². The van der Waals surface area contributed by atoms with Crippen LogP contribution < -0.4 is 26.2 Å². The van der Waals surface area contributed by atoms with E-state index in [1.807, 2.05) is 31.2 Å². The zero-order chi connectivity index (χ0) is 23.8. The number of aliphatic carboxylic acids is 1. The van der Waals surface area contributed by atoms with Gasteiger partial charge < -0.3 is 31.5 Å². The Morgan fingerprint density at radius 2 is 1.72 bits per heavy atom. The van der Waals surface area contributed by atoms with Crippen LogP contribution in [0.3, 0.4) is 0 Å². The number of nitrogens with one attached hydrogen (secondary N) is 2. The molecule has 0 bridgehead atoms. The summed E-state index contributed by atoms with van der Waals surface area (Å²) in [5.41, 5.74) is 12.1. The van der Waals surface area contributed by atoms with Crippen LogP contribution in [0.2, 0.25) is 0 Å². The molecular formula is C21H29N5O5S. The molecule has 7 N–H and O–H groups in total. The fourth-order valence-electron chi connectivity index (χ4n) is 2.06. The van der Waals surface area contributed by atoms with Gasteiger partial charge in [0, 0.05) is 23.9 Å². The van der Waals surface area contributed by atoms with Crippen LogP contribution in [0.5, 0.6) is 5.75 Å². The van der Waals surface area contributed by atoms with Gasteiger partial charge in [0.1, 0.15) is 18.9 Å². The summed E-state index contributed by atoms with van der Waals surface area (Å²) in [6.45, 7) is 4.38. The van der Waals surface area contributed by atoms with Crippen molar-refractivity contribution in [1.29, 1.82) is 0 Å². The molecule has 0 aliphatic carbocycles. The first kappa shape index (κ1) is 26.6.